The highest BCUT2D eigenvalue weighted by atomic mass is 19.4. The van der Waals surface area contributed by atoms with Crippen LogP contribution in [0.5, 0.6) is 0 Å². The largest absolute Gasteiger partial charge is 0.405 e. The molecular weight excluding hydrogens is 572 g/mol. The number of hydrogen-bond donors (Lipinski definition) is 3. The van der Waals surface area contributed by atoms with Crippen LogP contribution in [0.1, 0.15) is 71.6 Å². The lowest BCUT2D eigenvalue weighted by Crippen LogP contribution is -2.38. The van der Waals surface area contributed by atoms with E-state index in [9.17, 15) is 40.3 Å². The van der Waals surface area contributed by atoms with E-state index >= 15 is 4.39 Å². The van der Waals surface area contributed by atoms with Crippen LogP contribution < -0.4 is 10.6 Å². The van der Waals surface area contributed by atoms with Crippen LogP contribution in [0.3, 0.4) is 0 Å². The van der Waals surface area contributed by atoms with Gasteiger partial charge < -0.3 is 15.6 Å². The maximum atomic E-state index is 15.6. The van der Waals surface area contributed by atoms with Crippen molar-refractivity contribution in [2.45, 2.75) is 69.5 Å². The maximum absolute atomic E-state index is 15.6. The van der Waals surface area contributed by atoms with Gasteiger partial charge in [-0.2, -0.15) is 13.2 Å². The molecule has 0 radical (unpaired) electrons. The predicted octanol–water partition coefficient (Wildman–Crippen LogP) is 5.11. The van der Waals surface area contributed by atoms with Gasteiger partial charge in [0.05, 0.1) is 17.5 Å². The molecule has 41 heavy (non-hydrogen) atoms. The van der Waals surface area contributed by atoms with E-state index in [0.717, 1.165) is 6.07 Å². The number of benzene rings is 1. The molecule has 224 valence electrons. The molecule has 2 heterocycles. The molecule has 0 saturated heterocycles. The Morgan fingerprint density at radius 1 is 1.17 bits per heavy atom. The molecule has 2 atom stereocenters. The van der Waals surface area contributed by atoms with E-state index in [1.54, 1.807) is 0 Å². The third kappa shape index (κ3) is 7.11. The fourth-order valence-electron chi connectivity index (χ4n) is 4.81. The van der Waals surface area contributed by atoms with Gasteiger partial charge in [0.1, 0.15) is 23.6 Å². The molecule has 1 aliphatic carbocycles. The van der Waals surface area contributed by atoms with Crippen LogP contribution in [0.15, 0.2) is 16.8 Å². The van der Waals surface area contributed by atoms with Crippen molar-refractivity contribution < 1.29 is 49.3 Å². The van der Waals surface area contributed by atoms with Gasteiger partial charge in [0, 0.05) is 24.8 Å². The zero-order chi connectivity index (χ0) is 30.1. The second kappa shape index (κ2) is 11.6. The summed E-state index contributed by atoms with van der Waals surface area (Å²) in [4.78, 5) is 32.2. The standard InChI is InChI=1S/C24H24F8N6O3/c1-10-17(38-41-37-10)22(40)36-18(11-4-6-23(28,29)7-5-11)20-34-14-3-2-12(16(27)19(14)35-20)13(8-15(25)26)21(39)33-9-24(30,31)32/h2-3,11,13,15,18H,4-9H2,1H3,(H,33,39)(H,34,35)(H,36,40). The van der Waals surface area contributed by atoms with E-state index in [2.05, 4.69) is 30.2 Å². The SMILES string of the molecule is Cc1nonc1C(=O)NC(c1nc2c(F)c(C(CC(F)F)C(=O)NCC(F)(F)F)ccc2[nH]1)C1CCC(F)(F)CC1. The Bertz CT molecular complexity index is 1400. The van der Waals surface area contributed by atoms with E-state index in [1.165, 1.54) is 18.3 Å². The molecular formula is C24H24F8N6O3. The highest BCUT2D eigenvalue weighted by Crippen LogP contribution is 2.41. The quantitative estimate of drug-likeness (QED) is 0.295. The topological polar surface area (TPSA) is 126 Å². The number of rotatable bonds is 9. The van der Waals surface area contributed by atoms with Gasteiger partial charge in [0.15, 0.2) is 11.5 Å². The molecule has 9 nitrogen and oxygen atoms in total. The maximum Gasteiger partial charge on any atom is 0.405 e. The average molecular weight is 596 g/mol. The Morgan fingerprint density at radius 3 is 2.44 bits per heavy atom. The van der Waals surface area contributed by atoms with Gasteiger partial charge in [-0.25, -0.2) is 31.6 Å². The number of carbonyl (C=O) groups excluding carboxylic acids is 2. The van der Waals surface area contributed by atoms with Gasteiger partial charge in [0.25, 0.3) is 5.91 Å². The van der Waals surface area contributed by atoms with Crippen molar-refractivity contribution in [1.29, 1.82) is 0 Å². The number of nitrogens with zero attached hydrogens (tertiary/aromatic N) is 3. The summed E-state index contributed by atoms with van der Waals surface area (Å²) >= 11 is 0. The Kier molecular flexibility index (Phi) is 8.54. The number of halogens is 8. The summed E-state index contributed by atoms with van der Waals surface area (Å²) in [5.74, 6) is -8.98. The Hall–Kier alpha value is -3.79. The summed E-state index contributed by atoms with van der Waals surface area (Å²) in [6, 6.07) is 1.11. The minimum absolute atomic E-state index is 0.00687. The van der Waals surface area contributed by atoms with Gasteiger partial charge in [-0.15, -0.1) is 0 Å². The fraction of sp³-hybridized carbons (Fsp3) is 0.542. The van der Waals surface area contributed by atoms with Crippen LogP contribution in [-0.2, 0) is 4.79 Å². The van der Waals surface area contributed by atoms with E-state index < -0.39 is 90.9 Å². The fourth-order valence-corrected chi connectivity index (χ4v) is 4.81. The predicted molar refractivity (Wildman–Crippen MR) is 125 cm³/mol. The highest BCUT2D eigenvalue weighted by molar-refractivity contribution is 5.93. The summed E-state index contributed by atoms with van der Waals surface area (Å²) in [6.45, 7) is -0.356. The normalized spacial score (nSPS) is 17.5. The molecule has 1 saturated carbocycles. The van der Waals surface area contributed by atoms with E-state index in [-0.39, 0.29) is 35.6 Å². The lowest BCUT2D eigenvalue weighted by atomic mass is 9.81. The molecule has 0 aliphatic heterocycles. The number of aryl methyl sites for hydroxylation is 1. The van der Waals surface area contributed by atoms with Crippen LogP contribution in [0, 0.1) is 18.7 Å². The minimum atomic E-state index is -4.83. The van der Waals surface area contributed by atoms with Gasteiger partial charge in [-0.1, -0.05) is 11.2 Å². The number of H-pyrrole nitrogens is 1. The monoisotopic (exact) mass is 596 g/mol. The summed E-state index contributed by atoms with van der Waals surface area (Å²) in [6.07, 6.45) is -10.3. The average Bonchev–Trinajstić information content (AvgIpc) is 3.51. The second-order valence-electron chi connectivity index (χ2n) is 9.84. The number of carbonyl (C=O) groups is 2. The first-order valence-electron chi connectivity index (χ1n) is 12.4. The lowest BCUT2D eigenvalue weighted by molar-refractivity contribution is -0.139. The molecule has 1 fully saturated rings. The molecule has 0 spiro atoms. The van der Waals surface area contributed by atoms with E-state index in [0.29, 0.717) is 0 Å². The van der Waals surface area contributed by atoms with E-state index in [1.807, 2.05) is 0 Å². The third-order valence-corrected chi connectivity index (χ3v) is 6.89. The Labute approximate surface area is 226 Å². The smallest absolute Gasteiger partial charge is 0.346 e. The lowest BCUT2D eigenvalue weighted by Gasteiger charge is -2.33. The van der Waals surface area contributed by atoms with Crippen LogP contribution in [0.25, 0.3) is 11.0 Å². The number of aromatic amines is 1. The molecule has 3 N–H and O–H groups in total. The molecule has 2 unspecified atom stereocenters. The van der Waals surface area contributed by atoms with Gasteiger partial charge in [-0.05, 0) is 36.9 Å². The Morgan fingerprint density at radius 2 is 1.85 bits per heavy atom. The van der Waals surface area contributed by atoms with Crippen molar-refractivity contribution in [3.63, 3.8) is 0 Å². The summed E-state index contributed by atoms with van der Waals surface area (Å²) < 4.78 is 112. The van der Waals surface area contributed by atoms with Crippen molar-refractivity contribution in [3.8, 4) is 0 Å². The van der Waals surface area contributed by atoms with Crippen LogP contribution in [0.2, 0.25) is 0 Å². The zero-order valence-corrected chi connectivity index (χ0v) is 21.3. The first kappa shape index (κ1) is 30.2. The van der Waals surface area contributed by atoms with Crippen molar-refractivity contribution >= 4 is 22.8 Å². The Balaban J connectivity index is 1.69. The zero-order valence-electron chi connectivity index (χ0n) is 21.3. The number of imidazole rings is 1. The number of hydrogen-bond acceptors (Lipinski definition) is 6. The first-order chi connectivity index (χ1) is 19.1. The second-order valence-corrected chi connectivity index (χ2v) is 9.84. The van der Waals surface area contributed by atoms with Crippen LogP contribution in [-0.4, -0.2) is 57.2 Å². The summed E-state index contributed by atoms with van der Waals surface area (Å²) in [5, 5.41) is 11.2. The number of amides is 2. The first-order valence-corrected chi connectivity index (χ1v) is 12.4. The van der Waals surface area contributed by atoms with Gasteiger partial charge in [0.2, 0.25) is 18.3 Å². The van der Waals surface area contributed by atoms with E-state index in [4.69, 9.17) is 0 Å². The summed E-state index contributed by atoms with van der Waals surface area (Å²) in [7, 11) is 0. The molecule has 2 amide bonds. The molecule has 1 aliphatic rings. The van der Waals surface area contributed by atoms with Crippen molar-refractivity contribution in [1.82, 2.24) is 30.9 Å². The van der Waals surface area contributed by atoms with Crippen molar-refractivity contribution in [3.05, 3.63) is 40.7 Å². The highest BCUT2D eigenvalue weighted by Gasteiger charge is 2.40. The molecule has 2 aromatic heterocycles. The molecule has 3 aromatic rings. The number of nitrogens with one attached hydrogen (secondary N) is 3. The van der Waals surface area contributed by atoms with Gasteiger partial charge in [-0.3, -0.25) is 9.59 Å². The summed E-state index contributed by atoms with van der Waals surface area (Å²) in [5.41, 5.74) is -1.09. The third-order valence-electron chi connectivity index (χ3n) is 6.89. The van der Waals surface area contributed by atoms with Crippen molar-refractivity contribution in [2.75, 3.05) is 6.54 Å². The van der Waals surface area contributed by atoms with Gasteiger partial charge >= 0.3 is 6.18 Å². The number of alkyl halides is 7. The number of fused-ring (bicyclic) bond motifs is 1. The molecule has 17 heteroatoms. The van der Waals surface area contributed by atoms with Crippen LogP contribution >= 0.6 is 0 Å². The minimum Gasteiger partial charge on any atom is -0.346 e. The number of aromatic nitrogens is 4. The molecule has 0 bridgehead atoms. The van der Waals surface area contributed by atoms with Crippen LogP contribution in [0.4, 0.5) is 35.1 Å². The molecule has 1 aromatic carbocycles. The van der Waals surface area contributed by atoms with Crippen molar-refractivity contribution in [2.24, 2.45) is 5.92 Å². The molecule has 4 rings (SSSR count).